The lowest BCUT2D eigenvalue weighted by Crippen LogP contribution is -2.28. The fraction of sp³-hybridized carbons (Fsp3) is 0.188. The summed E-state index contributed by atoms with van der Waals surface area (Å²) in [7, 11) is -0.994. The van der Waals surface area contributed by atoms with Crippen molar-refractivity contribution in [3.05, 3.63) is 52.6 Å². The highest BCUT2D eigenvalue weighted by molar-refractivity contribution is 7.90. The van der Waals surface area contributed by atoms with Gasteiger partial charge in [0, 0.05) is 26.5 Å². The molecule has 0 fully saturated rings. The largest absolute Gasteiger partial charge is 0.325 e. The highest BCUT2D eigenvalue weighted by Gasteiger charge is 2.16. The summed E-state index contributed by atoms with van der Waals surface area (Å²) in [6, 6.07) is 7.06. The molecule has 26 heavy (non-hydrogen) atoms. The van der Waals surface area contributed by atoms with Crippen LogP contribution in [-0.4, -0.2) is 30.0 Å². The molecule has 10 heteroatoms. The Morgan fingerprint density at radius 2 is 1.92 bits per heavy atom. The summed E-state index contributed by atoms with van der Waals surface area (Å²) >= 11 is 0. The number of hydrogen-bond acceptors (Lipinski definition) is 6. The number of aromatic nitrogens is 3. The molecule has 0 unspecified atom stereocenters. The number of hydrogen-bond donors (Lipinski definition) is 3. The van der Waals surface area contributed by atoms with E-state index >= 15 is 0 Å². The van der Waals surface area contributed by atoms with Gasteiger partial charge in [-0.15, -0.1) is 0 Å². The van der Waals surface area contributed by atoms with Gasteiger partial charge < -0.3 is 9.88 Å². The Balaban J connectivity index is 2.17. The second-order valence-corrected chi connectivity index (χ2v) is 7.32. The maximum Gasteiger partial charge on any atom is 0.300 e. The topological polar surface area (TPSA) is 118 Å². The summed E-state index contributed by atoms with van der Waals surface area (Å²) in [4.78, 5) is 20.9. The average Bonchev–Trinajstić information content (AvgIpc) is 2.58. The van der Waals surface area contributed by atoms with Crippen molar-refractivity contribution in [3.63, 3.8) is 0 Å². The monoisotopic (exact) mass is 374 g/mol. The fourth-order valence-corrected chi connectivity index (χ4v) is 2.91. The van der Waals surface area contributed by atoms with Gasteiger partial charge in [0.15, 0.2) is 5.82 Å². The van der Waals surface area contributed by atoms with Crippen LogP contribution in [0.15, 0.2) is 41.5 Å². The predicted octanol–water partition coefficient (Wildman–Crippen LogP) is 1.26. The Morgan fingerprint density at radius 3 is 2.62 bits per heavy atom. The molecule has 0 aliphatic heterocycles. The van der Waals surface area contributed by atoms with E-state index in [4.69, 9.17) is 0 Å². The standard InChI is InChI=1S/C16H18N6O3S/c1-10-4-6-18-12(8-10)19-13-9-11-5-7-22(3)16(23)14(11)15(20-13)21-26(24,25)17-2/h4-9,17H,1-3H3,(H2,18,19,20,21). The smallest absolute Gasteiger partial charge is 0.300 e. The van der Waals surface area contributed by atoms with Crippen LogP contribution >= 0.6 is 0 Å². The highest BCUT2D eigenvalue weighted by Crippen LogP contribution is 2.24. The maximum absolute atomic E-state index is 12.5. The lowest BCUT2D eigenvalue weighted by molar-refractivity contribution is 0.593. The van der Waals surface area contributed by atoms with Crippen LogP contribution in [0.2, 0.25) is 0 Å². The summed E-state index contributed by atoms with van der Waals surface area (Å²) in [5.74, 6) is 0.856. The Hall–Kier alpha value is -2.98. The van der Waals surface area contributed by atoms with E-state index in [0.717, 1.165) is 5.56 Å². The van der Waals surface area contributed by atoms with Gasteiger partial charge >= 0.3 is 0 Å². The van der Waals surface area contributed by atoms with Gasteiger partial charge in [-0.2, -0.15) is 8.42 Å². The second kappa shape index (κ2) is 6.73. The number of rotatable bonds is 5. The van der Waals surface area contributed by atoms with Gasteiger partial charge in [-0.3, -0.25) is 9.52 Å². The lowest BCUT2D eigenvalue weighted by atomic mass is 10.2. The van der Waals surface area contributed by atoms with Crippen molar-refractivity contribution in [1.82, 2.24) is 19.3 Å². The van der Waals surface area contributed by atoms with Crippen molar-refractivity contribution in [2.45, 2.75) is 6.92 Å². The van der Waals surface area contributed by atoms with Gasteiger partial charge in [0.2, 0.25) is 0 Å². The Morgan fingerprint density at radius 1 is 1.15 bits per heavy atom. The van der Waals surface area contributed by atoms with E-state index in [-0.39, 0.29) is 16.8 Å². The predicted molar refractivity (Wildman–Crippen MR) is 101 cm³/mol. The van der Waals surface area contributed by atoms with Gasteiger partial charge in [0.1, 0.15) is 11.6 Å². The number of nitrogens with zero attached hydrogens (tertiary/aromatic N) is 3. The van der Waals surface area contributed by atoms with Gasteiger partial charge in [-0.25, -0.2) is 14.7 Å². The van der Waals surface area contributed by atoms with Crippen molar-refractivity contribution in [2.24, 2.45) is 7.05 Å². The van der Waals surface area contributed by atoms with Crippen LogP contribution in [0.3, 0.4) is 0 Å². The lowest BCUT2D eigenvalue weighted by Gasteiger charge is -2.13. The number of pyridine rings is 3. The number of aryl methyl sites for hydroxylation is 2. The molecule has 0 aromatic carbocycles. The van der Waals surface area contributed by atoms with Crippen LogP contribution in [0.5, 0.6) is 0 Å². The zero-order chi connectivity index (χ0) is 18.9. The summed E-state index contributed by atoms with van der Waals surface area (Å²) in [5.41, 5.74) is 0.650. The third-order valence-electron chi connectivity index (χ3n) is 3.73. The van der Waals surface area contributed by atoms with E-state index in [0.29, 0.717) is 17.0 Å². The SMILES string of the molecule is CNS(=O)(=O)Nc1nc(Nc2cc(C)ccn2)cc2ccn(C)c(=O)c12. The van der Waals surface area contributed by atoms with E-state index in [1.165, 1.54) is 11.6 Å². The summed E-state index contributed by atoms with van der Waals surface area (Å²) in [6.07, 6.45) is 3.26. The minimum atomic E-state index is -3.84. The van der Waals surface area contributed by atoms with Crippen LogP contribution in [0.1, 0.15) is 5.56 Å². The fourth-order valence-electron chi connectivity index (χ4n) is 2.41. The van der Waals surface area contributed by atoms with Crippen molar-refractivity contribution in [1.29, 1.82) is 0 Å². The molecule has 0 atom stereocenters. The van der Waals surface area contributed by atoms with Crippen molar-refractivity contribution in [2.75, 3.05) is 17.1 Å². The summed E-state index contributed by atoms with van der Waals surface area (Å²) in [5, 5.41) is 3.75. The minimum absolute atomic E-state index is 0.0618. The third-order valence-corrected chi connectivity index (χ3v) is 4.73. The zero-order valence-corrected chi connectivity index (χ0v) is 15.3. The minimum Gasteiger partial charge on any atom is -0.325 e. The molecule has 9 nitrogen and oxygen atoms in total. The van der Waals surface area contributed by atoms with Crippen LogP contribution in [0.25, 0.3) is 10.8 Å². The van der Waals surface area contributed by atoms with Gasteiger partial charge in [0.05, 0.1) is 5.39 Å². The molecule has 3 N–H and O–H groups in total. The molecule has 3 aromatic rings. The van der Waals surface area contributed by atoms with Crippen LogP contribution in [0, 0.1) is 6.92 Å². The normalized spacial score (nSPS) is 11.5. The van der Waals surface area contributed by atoms with Crippen molar-refractivity contribution >= 4 is 38.4 Å². The molecule has 0 spiro atoms. The van der Waals surface area contributed by atoms with E-state index in [1.54, 1.807) is 31.6 Å². The number of anilines is 3. The van der Waals surface area contributed by atoms with E-state index in [9.17, 15) is 13.2 Å². The van der Waals surface area contributed by atoms with Crippen LogP contribution < -0.4 is 20.3 Å². The van der Waals surface area contributed by atoms with E-state index in [2.05, 4.69) is 24.7 Å². The Kier molecular flexibility index (Phi) is 4.62. The first-order valence-corrected chi connectivity index (χ1v) is 9.19. The molecular formula is C16H18N6O3S. The second-order valence-electron chi connectivity index (χ2n) is 5.71. The molecular weight excluding hydrogens is 356 g/mol. The van der Waals surface area contributed by atoms with Crippen molar-refractivity contribution in [3.8, 4) is 0 Å². The number of nitrogens with one attached hydrogen (secondary N) is 3. The highest BCUT2D eigenvalue weighted by atomic mass is 32.2. The molecule has 136 valence electrons. The summed E-state index contributed by atoms with van der Waals surface area (Å²) < 4.78 is 29.6. The average molecular weight is 374 g/mol. The first-order valence-electron chi connectivity index (χ1n) is 7.70. The molecule has 0 radical (unpaired) electrons. The van der Waals surface area contributed by atoms with Crippen LogP contribution in [0.4, 0.5) is 17.5 Å². The van der Waals surface area contributed by atoms with E-state index < -0.39 is 10.2 Å². The Bertz CT molecular complexity index is 1140. The van der Waals surface area contributed by atoms with E-state index in [1.807, 2.05) is 19.1 Å². The van der Waals surface area contributed by atoms with Crippen molar-refractivity contribution < 1.29 is 8.42 Å². The molecule has 0 saturated heterocycles. The molecule has 0 aliphatic rings. The maximum atomic E-state index is 12.5. The first-order chi connectivity index (χ1) is 12.3. The Labute approximate surface area is 150 Å². The molecule has 3 aromatic heterocycles. The molecule has 0 amide bonds. The van der Waals surface area contributed by atoms with Gasteiger partial charge in [0.25, 0.3) is 15.8 Å². The van der Waals surface area contributed by atoms with Gasteiger partial charge in [-0.1, -0.05) is 0 Å². The quantitative estimate of drug-likeness (QED) is 0.619. The molecule has 3 heterocycles. The third kappa shape index (κ3) is 3.65. The molecule has 0 bridgehead atoms. The number of fused-ring (bicyclic) bond motifs is 1. The van der Waals surface area contributed by atoms with Crippen LogP contribution in [-0.2, 0) is 17.3 Å². The van der Waals surface area contributed by atoms with Gasteiger partial charge in [-0.05, 0) is 42.1 Å². The molecule has 0 saturated carbocycles. The summed E-state index contributed by atoms with van der Waals surface area (Å²) in [6.45, 7) is 1.93. The molecule has 3 rings (SSSR count). The first kappa shape index (κ1) is 17.8. The molecule has 0 aliphatic carbocycles. The zero-order valence-electron chi connectivity index (χ0n) is 14.4.